The van der Waals surface area contributed by atoms with Gasteiger partial charge in [-0.05, 0) is 18.6 Å². The third-order valence-electron chi connectivity index (χ3n) is 2.70. The van der Waals surface area contributed by atoms with E-state index < -0.39 is 5.97 Å². The number of nitrogens with one attached hydrogen (secondary N) is 1. The lowest BCUT2D eigenvalue weighted by atomic mass is 10.1. The van der Waals surface area contributed by atoms with Crippen LogP contribution in [0.1, 0.15) is 36.7 Å². The minimum atomic E-state index is -0.858. The van der Waals surface area contributed by atoms with E-state index in [9.17, 15) is 9.59 Å². The van der Waals surface area contributed by atoms with Gasteiger partial charge in [0.05, 0.1) is 6.42 Å². The number of carboxylic acid groups (broad SMARTS) is 1. The van der Waals surface area contributed by atoms with Crippen LogP contribution in [0.3, 0.4) is 0 Å². The van der Waals surface area contributed by atoms with Crippen molar-refractivity contribution in [3.05, 3.63) is 17.8 Å². The van der Waals surface area contributed by atoms with Gasteiger partial charge >= 0.3 is 5.97 Å². The summed E-state index contributed by atoms with van der Waals surface area (Å²) in [4.78, 5) is 23.8. The highest BCUT2D eigenvalue weighted by Gasteiger charge is 2.14. The average molecular weight is 280 g/mol. The molecule has 0 spiro atoms. The van der Waals surface area contributed by atoms with E-state index in [0.717, 1.165) is 12.8 Å². The molecule has 0 aliphatic heterocycles. The Bertz CT molecular complexity index is 459. The van der Waals surface area contributed by atoms with Gasteiger partial charge in [-0.25, -0.2) is 0 Å². The maximum atomic E-state index is 11.7. The van der Waals surface area contributed by atoms with Crippen LogP contribution in [0.5, 0.6) is 0 Å². The van der Waals surface area contributed by atoms with Crippen LogP contribution in [0.2, 0.25) is 0 Å². The highest BCUT2D eigenvalue weighted by Crippen LogP contribution is 2.11. The fourth-order valence-electron chi connectivity index (χ4n) is 1.75. The fourth-order valence-corrected chi connectivity index (χ4v) is 1.75. The van der Waals surface area contributed by atoms with Gasteiger partial charge < -0.3 is 15.3 Å². The summed E-state index contributed by atoms with van der Waals surface area (Å²) < 4.78 is 0. The highest BCUT2D eigenvalue weighted by atomic mass is 16.4. The second-order valence-electron chi connectivity index (χ2n) is 4.73. The number of rotatable bonds is 7. The third kappa shape index (κ3) is 4.83. The molecule has 0 fully saturated rings. The Balaban J connectivity index is 2.72. The van der Waals surface area contributed by atoms with E-state index >= 15 is 0 Å². The quantitative estimate of drug-likeness (QED) is 0.780. The molecule has 7 heteroatoms. The zero-order valence-electron chi connectivity index (χ0n) is 12.0. The predicted molar refractivity (Wildman–Crippen MR) is 74.6 cm³/mol. The lowest BCUT2D eigenvalue weighted by Crippen LogP contribution is -2.25. The summed E-state index contributed by atoms with van der Waals surface area (Å²) in [6, 6.07) is 3.01. The number of aliphatic carboxylic acids is 1. The number of hydrogen-bond acceptors (Lipinski definition) is 5. The van der Waals surface area contributed by atoms with E-state index in [0.29, 0.717) is 5.82 Å². The molecule has 1 aromatic rings. The molecule has 1 amide bonds. The molecule has 0 aliphatic rings. The molecule has 0 aliphatic carbocycles. The van der Waals surface area contributed by atoms with Gasteiger partial charge in [0.25, 0.3) is 5.91 Å². The number of anilines is 1. The number of amides is 1. The second-order valence-corrected chi connectivity index (χ2v) is 4.73. The zero-order chi connectivity index (χ0) is 15.1. The van der Waals surface area contributed by atoms with Crippen molar-refractivity contribution in [2.75, 3.05) is 19.4 Å². The molecule has 0 radical (unpaired) electrons. The van der Waals surface area contributed by atoms with Crippen LogP contribution < -0.4 is 5.32 Å². The molecule has 1 aromatic heterocycles. The van der Waals surface area contributed by atoms with Crippen molar-refractivity contribution in [1.82, 2.24) is 15.1 Å². The van der Waals surface area contributed by atoms with E-state index in [-0.39, 0.29) is 24.1 Å². The lowest BCUT2D eigenvalue weighted by Gasteiger charge is -2.16. The molecule has 0 bridgehead atoms. The van der Waals surface area contributed by atoms with Crippen molar-refractivity contribution in [2.45, 2.75) is 32.2 Å². The molecule has 1 rings (SSSR count). The lowest BCUT2D eigenvalue weighted by molar-refractivity contribution is -0.137. The van der Waals surface area contributed by atoms with Gasteiger partial charge in [-0.1, -0.05) is 13.3 Å². The minimum absolute atomic E-state index is 0.0217. The molecule has 1 heterocycles. The van der Waals surface area contributed by atoms with Crippen LogP contribution in [-0.2, 0) is 4.79 Å². The van der Waals surface area contributed by atoms with Crippen molar-refractivity contribution in [1.29, 1.82) is 0 Å². The molecule has 7 nitrogen and oxygen atoms in total. The molecular formula is C13H20N4O3. The van der Waals surface area contributed by atoms with Gasteiger partial charge in [0.15, 0.2) is 5.69 Å². The largest absolute Gasteiger partial charge is 0.481 e. The molecule has 20 heavy (non-hydrogen) atoms. The number of carboxylic acids is 1. The van der Waals surface area contributed by atoms with E-state index in [2.05, 4.69) is 15.5 Å². The second kappa shape index (κ2) is 7.42. The molecule has 1 unspecified atom stereocenters. The number of hydrogen-bond donors (Lipinski definition) is 2. The summed E-state index contributed by atoms with van der Waals surface area (Å²) in [5.41, 5.74) is 0.255. The van der Waals surface area contributed by atoms with E-state index in [1.807, 2.05) is 6.92 Å². The van der Waals surface area contributed by atoms with Crippen LogP contribution in [-0.4, -0.2) is 52.2 Å². The topological polar surface area (TPSA) is 95.4 Å². The SMILES string of the molecule is CCCC(CC(=O)O)Nc1ccc(C(=O)N(C)C)nn1. The normalized spacial score (nSPS) is 11.8. The Hall–Kier alpha value is -2.18. The minimum Gasteiger partial charge on any atom is -0.481 e. The van der Waals surface area contributed by atoms with Crippen molar-refractivity contribution < 1.29 is 14.7 Å². The van der Waals surface area contributed by atoms with Gasteiger partial charge in [-0.3, -0.25) is 9.59 Å². The maximum absolute atomic E-state index is 11.7. The van der Waals surface area contributed by atoms with Crippen molar-refractivity contribution in [2.24, 2.45) is 0 Å². The summed E-state index contributed by atoms with van der Waals surface area (Å²) >= 11 is 0. The maximum Gasteiger partial charge on any atom is 0.305 e. The van der Waals surface area contributed by atoms with Crippen LogP contribution >= 0.6 is 0 Å². The smallest absolute Gasteiger partial charge is 0.305 e. The fraction of sp³-hybridized carbons (Fsp3) is 0.538. The van der Waals surface area contributed by atoms with Crippen molar-refractivity contribution >= 4 is 17.7 Å². The Morgan fingerprint density at radius 3 is 2.50 bits per heavy atom. The van der Waals surface area contributed by atoms with Crippen LogP contribution in [0.4, 0.5) is 5.82 Å². The monoisotopic (exact) mass is 280 g/mol. The van der Waals surface area contributed by atoms with Gasteiger partial charge in [-0.15, -0.1) is 10.2 Å². The summed E-state index contributed by atoms with van der Waals surface area (Å²) in [7, 11) is 3.28. The standard InChI is InChI=1S/C13H20N4O3/c1-4-5-9(8-12(18)19)14-11-7-6-10(15-16-11)13(20)17(2)3/h6-7,9H,4-5,8H2,1-3H3,(H,14,16)(H,18,19). The Morgan fingerprint density at radius 2 is 2.05 bits per heavy atom. The first-order chi connectivity index (χ1) is 9.43. The summed E-state index contributed by atoms with van der Waals surface area (Å²) in [5.74, 6) is -0.608. The Labute approximate surface area is 118 Å². The van der Waals surface area contributed by atoms with Crippen molar-refractivity contribution in [3.8, 4) is 0 Å². The van der Waals surface area contributed by atoms with Gasteiger partial charge in [0, 0.05) is 20.1 Å². The van der Waals surface area contributed by atoms with Crippen LogP contribution in [0.15, 0.2) is 12.1 Å². The first kappa shape index (κ1) is 15.9. The molecule has 110 valence electrons. The summed E-state index contributed by atoms with van der Waals surface area (Å²) in [6.07, 6.45) is 1.62. The molecule has 2 N–H and O–H groups in total. The van der Waals surface area contributed by atoms with Gasteiger partial charge in [0.1, 0.15) is 5.82 Å². The summed E-state index contributed by atoms with van der Waals surface area (Å²) in [5, 5.41) is 19.6. The van der Waals surface area contributed by atoms with E-state index in [1.165, 1.54) is 4.90 Å². The van der Waals surface area contributed by atoms with E-state index in [4.69, 9.17) is 5.11 Å². The zero-order valence-corrected chi connectivity index (χ0v) is 12.0. The number of aromatic nitrogens is 2. The molecule has 1 atom stereocenters. The van der Waals surface area contributed by atoms with Crippen LogP contribution in [0, 0.1) is 0 Å². The summed E-state index contributed by atoms with van der Waals surface area (Å²) in [6.45, 7) is 1.99. The van der Waals surface area contributed by atoms with Crippen molar-refractivity contribution in [3.63, 3.8) is 0 Å². The van der Waals surface area contributed by atoms with Crippen LogP contribution in [0.25, 0.3) is 0 Å². The number of nitrogens with zero attached hydrogens (tertiary/aromatic N) is 3. The first-order valence-electron chi connectivity index (χ1n) is 6.47. The molecule has 0 saturated heterocycles. The predicted octanol–water partition coefficient (Wildman–Crippen LogP) is 1.23. The average Bonchev–Trinajstić information content (AvgIpc) is 2.38. The first-order valence-corrected chi connectivity index (χ1v) is 6.47. The Morgan fingerprint density at radius 1 is 1.35 bits per heavy atom. The van der Waals surface area contributed by atoms with Gasteiger partial charge in [-0.2, -0.15) is 0 Å². The Kier molecular flexibility index (Phi) is 5.89. The number of carbonyl (C=O) groups excluding carboxylic acids is 1. The molecule has 0 saturated carbocycles. The highest BCUT2D eigenvalue weighted by molar-refractivity contribution is 5.91. The molecular weight excluding hydrogens is 260 g/mol. The third-order valence-corrected chi connectivity index (χ3v) is 2.70. The van der Waals surface area contributed by atoms with E-state index in [1.54, 1.807) is 26.2 Å². The number of carbonyl (C=O) groups is 2. The van der Waals surface area contributed by atoms with Gasteiger partial charge in [0.2, 0.25) is 0 Å². The molecule has 0 aromatic carbocycles.